The predicted octanol–water partition coefficient (Wildman–Crippen LogP) is 1.68. The lowest BCUT2D eigenvalue weighted by molar-refractivity contribution is -0.132. The number of piperidine rings is 1. The van der Waals surface area contributed by atoms with Crippen LogP contribution in [0.25, 0.3) is 0 Å². The van der Waals surface area contributed by atoms with Crippen LogP contribution in [0.5, 0.6) is 0 Å². The van der Waals surface area contributed by atoms with Gasteiger partial charge in [-0.1, -0.05) is 20.3 Å². The second kappa shape index (κ2) is 6.11. The molecule has 1 heterocycles. The number of hydrogen-bond acceptors (Lipinski definition) is 2. The number of rotatable bonds is 5. The van der Waals surface area contributed by atoms with Gasteiger partial charge in [-0.2, -0.15) is 0 Å². The van der Waals surface area contributed by atoms with E-state index < -0.39 is 0 Å². The van der Waals surface area contributed by atoms with E-state index in [1.54, 1.807) is 0 Å². The highest BCUT2D eigenvalue weighted by molar-refractivity contribution is 5.82. The average Bonchev–Trinajstić information content (AvgIpc) is 2.30. The van der Waals surface area contributed by atoms with Gasteiger partial charge >= 0.3 is 0 Å². The van der Waals surface area contributed by atoms with Gasteiger partial charge in [0.25, 0.3) is 0 Å². The zero-order valence-corrected chi connectivity index (χ0v) is 10.1. The summed E-state index contributed by atoms with van der Waals surface area (Å²) in [5.74, 6) is 0.278. The van der Waals surface area contributed by atoms with Gasteiger partial charge in [-0.25, -0.2) is 0 Å². The smallest absolute Gasteiger partial charge is 0.226 e. The Kier molecular flexibility index (Phi) is 5.09. The van der Waals surface area contributed by atoms with Gasteiger partial charge in [-0.05, 0) is 38.8 Å². The summed E-state index contributed by atoms with van der Waals surface area (Å²) >= 11 is 0. The molecule has 0 unspecified atom stereocenters. The summed E-state index contributed by atoms with van der Waals surface area (Å²) in [6.07, 6.45) is 5.17. The van der Waals surface area contributed by atoms with Gasteiger partial charge in [0.15, 0.2) is 0 Å². The van der Waals surface area contributed by atoms with Gasteiger partial charge < -0.3 is 10.6 Å². The van der Waals surface area contributed by atoms with Crippen molar-refractivity contribution >= 4 is 5.91 Å². The minimum Gasteiger partial charge on any atom is -0.356 e. The fourth-order valence-electron chi connectivity index (χ4n) is 2.21. The Labute approximate surface area is 93.0 Å². The van der Waals surface area contributed by atoms with Crippen LogP contribution in [0, 0.1) is 5.41 Å². The van der Waals surface area contributed by atoms with Crippen LogP contribution >= 0.6 is 0 Å². The van der Waals surface area contributed by atoms with Crippen LogP contribution in [0.1, 0.15) is 46.0 Å². The molecule has 0 radical (unpaired) electrons. The summed E-state index contributed by atoms with van der Waals surface area (Å²) in [4.78, 5) is 12.1. The molecule has 0 bridgehead atoms. The quantitative estimate of drug-likeness (QED) is 0.681. The Morgan fingerprint density at radius 1 is 1.33 bits per heavy atom. The van der Waals surface area contributed by atoms with Crippen LogP contribution in [0.15, 0.2) is 0 Å². The van der Waals surface area contributed by atoms with Gasteiger partial charge in [0.2, 0.25) is 5.91 Å². The van der Waals surface area contributed by atoms with Crippen molar-refractivity contribution in [1.82, 2.24) is 10.6 Å². The minimum absolute atomic E-state index is 0.0843. The first-order valence-electron chi connectivity index (χ1n) is 6.24. The molecule has 0 spiro atoms. The Morgan fingerprint density at radius 3 is 2.53 bits per heavy atom. The standard InChI is InChI=1S/C12H24N2O/c1-3-5-8-14-11(15)12(4-2)6-9-13-10-7-12/h13H,3-10H2,1-2H3,(H,14,15). The maximum atomic E-state index is 12.1. The molecule has 1 rings (SSSR count). The Hall–Kier alpha value is -0.570. The number of carbonyl (C=O) groups is 1. The molecule has 2 N–H and O–H groups in total. The van der Waals surface area contributed by atoms with Gasteiger partial charge in [-0.15, -0.1) is 0 Å². The minimum atomic E-state index is -0.0843. The lowest BCUT2D eigenvalue weighted by Crippen LogP contribution is -2.47. The highest BCUT2D eigenvalue weighted by atomic mass is 16.2. The second-order valence-corrected chi connectivity index (χ2v) is 4.49. The maximum absolute atomic E-state index is 12.1. The normalized spacial score (nSPS) is 19.9. The SMILES string of the molecule is CCCCNC(=O)C1(CC)CCNCC1. The van der Waals surface area contributed by atoms with E-state index in [4.69, 9.17) is 0 Å². The molecule has 3 heteroatoms. The maximum Gasteiger partial charge on any atom is 0.226 e. The molecule has 1 amide bonds. The van der Waals surface area contributed by atoms with E-state index in [0.29, 0.717) is 0 Å². The first kappa shape index (κ1) is 12.5. The summed E-state index contributed by atoms with van der Waals surface area (Å²) in [6.45, 7) is 7.07. The number of unbranched alkanes of at least 4 members (excludes halogenated alkanes) is 1. The van der Waals surface area contributed by atoms with Crippen LogP contribution in [0.4, 0.5) is 0 Å². The molecule has 15 heavy (non-hydrogen) atoms. The van der Waals surface area contributed by atoms with Crippen LogP contribution in [0.3, 0.4) is 0 Å². The monoisotopic (exact) mass is 212 g/mol. The molecule has 88 valence electrons. The van der Waals surface area contributed by atoms with Crippen LogP contribution in [-0.2, 0) is 4.79 Å². The molecule has 0 atom stereocenters. The molecule has 1 saturated heterocycles. The predicted molar refractivity (Wildman–Crippen MR) is 62.7 cm³/mol. The second-order valence-electron chi connectivity index (χ2n) is 4.49. The van der Waals surface area contributed by atoms with Crippen molar-refractivity contribution in [2.24, 2.45) is 5.41 Å². The van der Waals surface area contributed by atoms with E-state index >= 15 is 0 Å². The van der Waals surface area contributed by atoms with Crippen LogP contribution < -0.4 is 10.6 Å². The molecule has 0 aromatic rings. The third kappa shape index (κ3) is 3.20. The summed E-state index contributed by atoms with van der Waals surface area (Å²) in [7, 11) is 0. The number of nitrogens with one attached hydrogen (secondary N) is 2. The van der Waals surface area contributed by atoms with Gasteiger partial charge in [0.05, 0.1) is 5.41 Å². The van der Waals surface area contributed by atoms with Crippen LogP contribution in [-0.4, -0.2) is 25.5 Å². The van der Waals surface area contributed by atoms with E-state index in [2.05, 4.69) is 24.5 Å². The largest absolute Gasteiger partial charge is 0.356 e. The van der Waals surface area contributed by atoms with Gasteiger partial charge in [-0.3, -0.25) is 4.79 Å². The number of amides is 1. The lowest BCUT2D eigenvalue weighted by Gasteiger charge is -2.35. The third-order valence-corrected chi connectivity index (χ3v) is 3.53. The van der Waals surface area contributed by atoms with E-state index in [1.807, 2.05) is 0 Å². The first-order valence-corrected chi connectivity index (χ1v) is 6.24. The molecular formula is C12H24N2O. The summed E-state index contributed by atoms with van der Waals surface area (Å²) < 4.78 is 0. The zero-order chi connectivity index (χ0) is 11.1. The molecular weight excluding hydrogens is 188 g/mol. The number of carbonyl (C=O) groups excluding carboxylic acids is 1. The average molecular weight is 212 g/mol. The van der Waals surface area contributed by atoms with Crippen molar-refractivity contribution in [1.29, 1.82) is 0 Å². The van der Waals surface area contributed by atoms with Crippen molar-refractivity contribution in [3.05, 3.63) is 0 Å². The number of hydrogen-bond donors (Lipinski definition) is 2. The molecule has 0 aliphatic carbocycles. The Morgan fingerprint density at radius 2 is 2.00 bits per heavy atom. The van der Waals surface area contributed by atoms with E-state index in [1.165, 1.54) is 0 Å². The van der Waals surface area contributed by atoms with E-state index in [0.717, 1.165) is 51.7 Å². The molecule has 1 aliphatic heterocycles. The van der Waals surface area contributed by atoms with Crippen molar-refractivity contribution < 1.29 is 4.79 Å². The van der Waals surface area contributed by atoms with Gasteiger partial charge in [0, 0.05) is 6.54 Å². The fourth-order valence-corrected chi connectivity index (χ4v) is 2.21. The summed E-state index contributed by atoms with van der Waals surface area (Å²) in [6, 6.07) is 0. The lowest BCUT2D eigenvalue weighted by atomic mass is 9.76. The van der Waals surface area contributed by atoms with Crippen LogP contribution in [0.2, 0.25) is 0 Å². The van der Waals surface area contributed by atoms with Crippen molar-refractivity contribution in [3.8, 4) is 0 Å². The fraction of sp³-hybridized carbons (Fsp3) is 0.917. The Bertz CT molecular complexity index is 198. The van der Waals surface area contributed by atoms with E-state index in [-0.39, 0.29) is 11.3 Å². The van der Waals surface area contributed by atoms with E-state index in [9.17, 15) is 4.79 Å². The molecule has 0 aromatic heterocycles. The highest BCUT2D eigenvalue weighted by Gasteiger charge is 2.37. The Balaban J connectivity index is 2.45. The first-order chi connectivity index (χ1) is 7.25. The van der Waals surface area contributed by atoms with Crippen molar-refractivity contribution in [3.63, 3.8) is 0 Å². The topological polar surface area (TPSA) is 41.1 Å². The molecule has 1 fully saturated rings. The zero-order valence-electron chi connectivity index (χ0n) is 10.1. The summed E-state index contributed by atoms with van der Waals surface area (Å²) in [5.41, 5.74) is -0.0843. The highest BCUT2D eigenvalue weighted by Crippen LogP contribution is 2.32. The van der Waals surface area contributed by atoms with Crippen molar-refractivity contribution in [2.75, 3.05) is 19.6 Å². The molecule has 0 saturated carbocycles. The van der Waals surface area contributed by atoms with Gasteiger partial charge in [0.1, 0.15) is 0 Å². The van der Waals surface area contributed by atoms with Crippen molar-refractivity contribution in [2.45, 2.75) is 46.0 Å². The molecule has 1 aliphatic rings. The summed E-state index contributed by atoms with van der Waals surface area (Å²) in [5, 5.41) is 6.39. The third-order valence-electron chi connectivity index (χ3n) is 3.53. The molecule has 0 aromatic carbocycles. The molecule has 3 nitrogen and oxygen atoms in total.